The largest absolute Gasteiger partial charge is 0.490 e. The van der Waals surface area contributed by atoms with E-state index in [9.17, 15) is 0 Å². The van der Waals surface area contributed by atoms with Crippen LogP contribution < -0.4 is 4.74 Å². The molecule has 6 unspecified atom stereocenters. The van der Waals surface area contributed by atoms with E-state index >= 15 is 0 Å². The Kier molecular flexibility index (Phi) is 3.85. The topological polar surface area (TPSA) is 18.5 Å². The number of fused-ring (bicyclic) bond motifs is 1. The maximum atomic E-state index is 5.98. The molecule has 0 saturated carbocycles. The zero-order chi connectivity index (χ0) is 14.4. The summed E-state index contributed by atoms with van der Waals surface area (Å²) < 4.78 is 11.8. The molecule has 0 aromatic heterocycles. The van der Waals surface area contributed by atoms with Gasteiger partial charge in [0.05, 0.1) is 12.2 Å². The van der Waals surface area contributed by atoms with Gasteiger partial charge in [0.15, 0.2) is 0 Å². The van der Waals surface area contributed by atoms with E-state index in [4.69, 9.17) is 9.47 Å². The van der Waals surface area contributed by atoms with Crippen LogP contribution in [0.3, 0.4) is 0 Å². The molecule has 1 aromatic carbocycles. The SMILES string of the molecule is CC1Cc2cc(C(Br)C3C(C)OC(C)C3C)ccc2O1. The van der Waals surface area contributed by atoms with E-state index in [0.29, 0.717) is 35.0 Å². The molecule has 1 aromatic rings. The van der Waals surface area contributed by atoms with Crippen molar-refractivity contribution in [2.75, 3.05) is 0 Å². The van der Waals surface area contributed by atoms with E-state index in [0.717, 1.165) is 12.2 Å². The summed E-state index contributed by atoms with van der Waals surface area (Å²) in [7, 11) is 0. The summed E-state index contributed by atoms with van der Waals surface area (Å²) in [5.41, 5.74) is 2.69. The quantitative estimate of drug-likeness (QED) is 0.739. The van der Waals surface area contributed by atoms with Crippen LogP contribution in [-0.2, 0) is 11.2 Å². The zero-order valence-electron chi connectivity index (χ0n) is 12.6. The standard InChI is InChI=1S/C17H23BrO2/c1-9-7-14-8-13(5-6-15(14)19-9)17(18)16-10(2)11(3)20-12(16)4/h5-6,8-12,16-17H,7H2,1-4H3. The molecule has 2 nitrogen and oxygen atoms in total. The summed E-state index contributed by atoms with van der Waals surface area (Å²) in [6.07, 6.45) is 1.97. The van der Waals surface area contributed by atoms with Crippen LogP contribution in [0, 0.1) is 11.8 Å². The first-order valence-corrected chi connectivity index (χ1v) is 8.48. The normalized spacial score (nSPS) is 37.5. The van der Waals surface area contributed by atoms with E-state index in [-0.39, 0.29) is 0 Å². The van der Waals surface area contributed by atoms with Gasteiger partial charge in [-0.1, -0.05) is 35.0 Å². The van der Waals surface area contributed by atoms with Crippen LogP contribution in [0.25, 0.3) is 0 Å². The molecule has 2 aliphatic rings. The minimum Gasteiger partial charge on any atom is -0.490 e. The summed E-state index contributed by atoms with van der Waals surface area (Å²) in [6, 6.07) is 6.62. The third-order valence-corrected chi connectivity index (χ3v) is 6.03. The molecule has 3 rings (SSSR count). The summed E-state index contributed by atoms with van der Waals surface area (Å²) in [4.78, 5) is 0.346. The first-order chi connectivity index (χ1) is 9.47. The van der Waals surface area contributed by atoms with Crippen molar-refractivity contribution in [1.82, 2.24) is 0 Å². The van der Waals surface area contributed by atoms with Crippen LogP contribution in [0.2, 0.25) is 0 Å². The number of benzene rings is 1. The number of hydrogen-bond acceptors (Lipinski definition) is 2. The highest BCUT2D eigenvalue weighted by Gasteiger charge is 2.41. The lowest BCUT2D eigenvalue weighted by molar-refractivity contribution is 0.0511. The average molecular weight is 339 g/mol. The molecular weight excluding hydrogens is 316 g/mol. The number of ether oxygens (including phenoxy) is 2. The van der Waals surface area contributed by atoms with Crippen molar-refractivity contribution in [2.45, 2.75) is 57.3 Å². The highest BCUT2D eigenvalue weighted by atomic mass is 79.9. The van der Waals surface area contributed by atoms with E-state index in [1.54, 1.807) is 0 Å². The minimum atomic E-state index is 0.299. The fourth-order valence-electron chi connectivity index (χ4n) is 3.63. The lowest BCUT2D eigenvalue weighted by Crippen LogP contribution is -2.21. The van der Waals surface area contributed by atoms with Crippen LogP contribution in [-0.4, -0.2) is 18.3 Å². The molecule has 2 aliphatic heterocycles. The number of hydrogen-bond donors (Lipinski definition) is 0. The van der Waals surface area contributed by atoms with Crippen LogP contribution >= 0.6 is 15.9 Å². The molecule has 1 saturated heterocycles. The number of alkyl halides is 1. The molecule has 0 bridgehead atoms. The molecule has 6 atom stereocenters. The Bertz CT molecular complexity index is 502. The van der Waals surface area contributed by atoms with Crippen molar-refractivity contribution < 1.29 is 9.47 Å². The first kappa shape index (κ1) is 14.4. The summed E-state index contributed by atoms with van der Waals surface area (Å²) >= 11 is 3.92. The minimum absolute atomic E-state index is 0.299. The molecule has 0 spiro atoms. The van der Waals surface area contributed by atoms with Gasteiger partial charge in [0.1, 0.15) is 11.9 Å². The predicted octanol–water partition coefficient (Wildman–Crippen LogP) is 4.51. The second kappa shape index (κ2) is 5.34. The summed E-state index contributed by atoms with van der Waals surface area (Å²) in [5, 5.41) is 0. The molecule has 20 heavy (non-hydrogen) atoms. The molecular formula is C17H23BrO2. The van der Waals surface area contributed by atoms with E-state index < -0.39 is 0 Å². The molecule has 1 fully saturated rings. The lowest BCUT2D eigenvalue weighted by Gasteiger charge is -2.25. The van der Waals surface area contributed by atoms with Gasteiger partial charge in [0.25, 0.3) is 0 Å². The smallest absolute Gasteiger partial charge is 0.123 e. The lowest BCUT2D eigenvalue weighted by atomic mass is 9.84. The fourth-order valence-corrected chi connectivity index (χ4v) is 4.83. The second-order valence-electron chi connectivity index (χ2n) is 6.38. The van der Waals surface area contributed by atoms with Crippen molar-refractivity contribution in [3.8, 4) is 5.75 Å². The van der Waals surface area contributed by atoms with Gasteiger partial charge in [-0.05, 0) is 43.9 Å². The van der Waals surface area contributed by atoms with Gasteiger partial charge in [-0.15, -0.1) is 0 Å². The molecule has 0 radical (unpaired) electrons. The summed E-state index contributed by atoms with van der Waals surface area (Å²) in [6.45, 7) is 8.80. The fraction of sp³-hybridized carbons (Fsp3) is 0.647. The van der Waals surface area contributed by atoms with Crippen molar-refractivity contribution in [1.29, 1.82) is 0 Å². The number of halogens is 1. The monoisotopic (exact) mass is 338 g/mol. The number of rotatable bonds is 2. The Morgan fingerprint density at radius 3 is 2.55 bits per heavy atom. The Labute approximate surface area is 130 Å². The molecule has 110 valence electrons. The van der Waals surface area contributed by atoms with Gasteiger partial charge in [-0.3, -0.25) is 0 Å². The zero-order valence-corrected chi connectivity index (χ0v) is 14.2. The Morgan fingerprint density at radius 2 is 1.90 bits per heavy atom. The van der Waals surface area contributed by atoms with E-state index in [1.807, 2.05) is 0 Å². The highest BCUT2D eigenvalue weighted by molar-refractivity contribution is 9.09. The van der Waals surface area contributed by atoms with E-state index in [2.05, 4.69) is 61.8 Å². The molecule has 0 amide bonds. The van der Waals surface area contributed by atoms with Crippen molar-refractivity contribution in [3.63, 3.8) is 0 Å². The van der Waals surface area contributed by atoms with Gasteiger partial charge in [-0.2, -0.15) is 0 Å². The molecule has 0 aliphatic carbocycles. The predicted molar refractivity (Wildman–Crippen MR) is 84.6 cm³/mol. The van der Waals surface area contributed by atoms with Gasteiger partial charge < -0.3 is 9.47 Å². The molecule has 0 N–H and O–H groups in total. The van der Waals surface area contributed by atoms with Crippen molar-refractivity contribution in [3.05, 3.63) is 29.3 Å². The Morgan fingerprint density at radius 1 is 1.15 bits per heavy atom. The highest BCUT2D eigenvalue weighted by Crippen LogP contribution is 2.46. The van der Waals surface area contributed by atoms with Gasteiger partial charge >= 0.3 is 0 Å². The van der Waals surface area contributed by atoms with Crippen LogP contribution in [0.5, 0.6) is 5.75 Å². The molecule has 2 heterocycles. The van der Waals surface area contributed by atoms with Gasteiger partial charge in [0, 0.05) is 17.2 Å². The maximum Gasteiger partial charge on any atom is 0.123 e. The third kappa shape index (κ3) is 2.39. The summed E-state index contributed by atoms with van der Waals surface area (Å²) in [5.74, 6) is 2.14. The van der Waals surface area contributed by atoms with Gasteiger partial charge in [-0.25, -0.2) is 0 Å². The van der Waals surface area contributed by atoms with E-state index in [1.165, 1.54) is 11.1 Å². The molecule has 3 heteroatoms. The third-order valence-electron chi connectivity index (χ3n) is 4.90. The van der Waals surface area contributed by atoms with Crippen molar-refractivity contribution in [2.24, 2.45) is 11.8 Å². The second-order valence-corrected chi connectivity index (χ2v) is 7.37. The van der Waals surface area contributed by atoms with Gasteiger partial charge in [0.2, 0.25) is 0 Å². The average Bonchev–Trinajstić information content (AvgIpc) is 2.87. The maximum absolute atomic E-state index is 5.98. The Hall–Kier alpha value is -0.540. The van der Waals surface area contributed by atoms with Crippen LogP contribution in [0.15, 0.2) is 18.2 Å². The van der Waals surface area contributed by atoms with Crippen LogP contribution in [0.4, 0.5) is 0 Å². The van der Waals surface area contributed by atoms with Crippen LogP contribution in [0.1, 0.15) is 43.6 Å². The Balaban J connectivity index is 1.85. The van der Waals surface area contributed by atoms with Crippen molar-refractivity contribution >= 4 is 15.9 Å². The first-order valence-electron chi connectivity index (χ1n) is 7.56.